The molecule has 0 saturated heterocycles. The van der Waals surface area contributed by atoms with Crippen molar-refractivity contribution in [1.82, 2.24) is 10.0 Å². The Hall–Kier alpha value is -2.78. The molecule has 30 heavy (non-hydrogen) atoms. The highest BCUT2D eigenvalue weighted by Gasteiger charge is 2.23. The maximum atomic E-state index is 13.0. The zero-order chi connectivity index (χ0) is 22.5. The Morgan fingerprint density at radius 3 is 2.03 bits per heavy atom. The molecule has 2 N–H and O–H groups in total. The van der Waals surface area contributed by atoms with E-state index in [1.807, 2.05) is 13.8 Å². The molecule has 8 nitrogen and oxygen atoms in total. The normalized spacial score (nSPS) is 12.4. The molecule has 0 aliphatic heterocycles. The van der Waals surface area contributed by atoms with Gasteiger partial charge in [0.25, 0.3) is 5.91 Å². The molecule has 0 aromatic heterocycles. The first-order valence-corrected chi connectivity index (χ1v) is 10.8. The van der Waals surface area contributed by atoms with Crippen molar-refractivity contribution in [2.45, 2.75) is 37.8 Å². The summed E-state index contributed by atoms with van der Waals surface area (Å²) in [4.78, 5) is 12.4. The summed E-state index contributed by atoms with van der Waals surface area (Å²) in [6, 6.07) is 8.68. The monoisotopic (exact) mass is 436 g/mol. The van der Waals surface area contributed by atoms with Gasteiger partial charge in [-0.05, 0) is 56.7 Å². The lowest BCUT2D eigenvalue weighted by Crippen LogP contribution is -2.31. The fourth-order valence-corrected chi connectivity index (χ4v) is 4.12. The summed E-state index contributed by atoms with van der Waals surface area (Å²) in [6.45, 7) is 5.35. The van der Waals surface area contributed by atoms with E-state index in [-0.39, 0.29) is 16.5 Å². The lowest BCUT2D eigenvalue weighted by Gasteiger charge is -2.18. The van der Waals surface area contributed by atoms with Crippen molar-refractivity contribution in [3.8, 4) is 17.2 Å². The second-order valence-corrected chi connectivity index (χ2v) is 8.66. The zero-order valence-corrected chi connectivity index (χ0v) is 18.8. The predicted molar refractivity (Wildman–Crippen MR) is 114 cm³/mol. The fourth-order valence-electron chi connectivity index (χ4n) is 2.86. The van der Waals surface area contributed by atoms with Crippen molar-refractivity contribution < 1.29 is 27.4 Å². The van der Waals surface area contributed by atoms with E-state index >= 15 is 0 Å². The van der Waals surface area contributed by atoms with Crippen LogP contribution >= 0.6 is 0 Å². The van der Waals surface area contributed by atoms with Crippen LogP contribution in [0.3, 0.4) is 0 Å². The number of hydrogen-bond acceptors (Lipinski definition) is 6. The number of carbonyl (C=O) groups is 1. The summed E-state index contributed by atoms with van der Waals surface area (Å²) < 4.78 is 44.2. The minimum Gasteiger partial charge on any atom is -0.496 e. The Balaban J connectivity index is 2.34. The van der Waals surface area contributed by atoms with Gasteiger partial charge in [0.05, 0.1) is 31.8 Å². The lowest BCUT2D eigenvalue weighted by molar-refractivity contribution is 0.0940. The smallest absolute Gasteiger partial charge is 0.255 e. The van der Waals surface area contributed by atoms with E-state index in [0.717, 1.165) is 0 Å². The first-order valence-electron chi connectivity index (χ1n) is 9.36. The van der Waals surface area contributed by atoms with Crippen LogP contribution in [-0.2, 0) is 10.0 Å². The number of nitrogens with one attached hydrogen (secondary N) is 2. The molecule has 0 saturated carbocycles. The van der Waals surface area contributed by atoms with Crippen LogP contribution in [-0.4, -0.2) is 41.7 Å². The van der Waals surface area contributed by atoms with Gasteiger partial charge in [-0.15, -0.1) is 0 Å². The number of methoxy groups -OCH3 is 3. The second kappa shape index (κ2) is 9.82. The van der Waals surface area contributed by atoms with Crippen LogP contribution in [0.15, 0.2) is 41.3 Å². The second-order valence-electron chi connectivity index (χ2n) is 6.95. The van der Waals surface area contributed by atoms with E-state index in [1.54, 1.807) is 25.1 Å². The molecule has 0 radical (unpaired) electrons. The number of amides is 1. The third-order valence-electron chi connectivity index (χ3n) is 4.39. The van der Waals surface area contributed by atoms with Crippen LogP contribution in [0.5, 0.6) is 17.2 Å². The highest BCUT2D eigenvalue weighted by molar-refractivity contribution is 7.89. The Morgan fingerprint density at radius 1 is 0.867 bits per heavy atom. The van der Waals surface area contributed by atoms with Crippen molar-refractivity contribution >= 4 is 15.9 Å². The van der Waals surface area contributed by atoms with Crippen LogP contribution in [0.4, 0.5) is 0 Å². The molecule has 0 fully saturated rings. The van der Waals surface area contributed by atoms with E-state index in [0.29, 0.717) is 22.8 Å². The third kappa shape index (κ3) is 5.43. The average molecular weight is 437 g/mol. The molecular formula is C21H28N2O6S. The largest absolute Gasteiger partial charge is 0.496 e. The van der Waals surface area contributed by atoms with E-state index in [2.05, 4.69) is 10.0 Å². The molecule has 0 aliphatic rings. The fraction of sp³-hybridized carbons (Fsp3) is 0.381. The number of hydrogen-bond donors (Lipinski definition) is 2. The van der Waals surface area contributed by atoms with Gasteiger partial charge >= 0.3 is 0 Å². The zero-order valence-electron chi connectivity index (χ0n) is 18.0. The molecule has 2 aromatic rings. The molecule has 1 amide bonds. The van der Waals surface area contributed by atoms with Crippen molar-refractivity contribution in [3.05, 3.63) is 47.5 Å². The van der Waals surface area contributed by atoms with Crippen molar-refractivity contribution in [2.24, 2.45) is 0 Å². The summed E-state index contributed by atoms with van der Waals surface area (Å²) in [5.41, 5.74) is 0.843. The van der Waals surface area contributed by atoms with Crippen LogP contribution in [0.2, 0.25) is 0 Å². The highest BCUT2D eigenvalue weighted by Crippen LogP contribution is 2.30. The Kier molecular flexibility index (Phi) is 7.69. The molecule has 0 spiro atoms. The first-order chi connectivity index (χ1) is 14.1. The van der Waals surface area contributed by atoms with Crippen molar-refractivity contribution in [1.29, 1.82) is 0 Å². The molecule has 0 aliphatic carbocycles. The highest BCUT2D eigenvalue weighted by atomic mass is 32.2. The van der Waals surface area contributed by atoms with Gasteiger partial charge in [0.2, 0.25) is 10.0 Å². The van der Waals surface area contributed by atoms with Gasteiger partial charge in [0.1, 0.15) is 5.75 Å². The standard InChI is InChI=1S/C21H28N2O6S/c1-13(2)22-21(24)17-12-16(8-10-18(17)27-4)30(25,26)23-14(3)15-7-9-19(28-5)20(11-15)29-6/h7-14,23H,1-6H3,(H,22,24). The molecule has 164 valence electrons. The number of carbonyl (C=O) groups excluding carboxylic acids is 1. The summed E-state index contributed by atoms with van der Waals surface area (Å²) in [5, 5.41) is 2.74. The van der Waals surface area contributed by atoms with E-state index in [9.17, 15) is 13.2 Å². The summed E-state index contributed by atoms with van der Waals surface area (Å²) in [5.74, 6) is 0.928. The number of benzene rings is 2. The maximum Gasteiger partial charge on any atom is 0.255 e. The van der Waals surface area contributed by atoms with Crippen LogP contribution < -0.4 is 24.2 Å². The minimum absolute atomic E-state index is 0.0375. The molecule has 9 heteroatoms. The van der Waals surface area contributed by atoms with Gasteiger partial charge in [0, 0.05) is 12.1 Å². The minimum atomic E-state index is -3.91. The van der Waals surface area contributed by atoms with Crippen LogP contribution in [0.25, 0.3) is 0 Å². The average Bonchev–Trinajstić information content (AvgIpc) is 2.71. The van der Waals surface area contributed by atoms with Gasteiger partial charge in [-0.1, -0.05) is 6.07 Å². The van der Waals surface area contributed by atoms with Gasteiger partial charge in [0.15, 0.2) is 11.5 Å². The summed E-state index contributed by atoms with van der Waals surface area (Å²) >= 11 is 0. The topological polar surface area (TPSA) is 103 Å². The number of ether oxygens (including phenoxy) is 3. The SMILES string of the molecule is COc1ccc(C(C)NS(=O)(=O)c2ccc(OC)c(C(=O)NC(C)C)c2)cc1OC. The first kappa shape index (κ1) is 23.5. The van der Waals surface area contributed by atoms with Crippen molar-refractivity contribution in [3.63, 3.8) is 0 Å². The molecule has 2 aromatic carbocycles. The summed E-state index contributed by atoms with van der Waals surface area (Å²) in [6.07, 6.45) is 0. The van der Waals surface area contributed by atoms with Gasteiger partial charge in [-0.3, -0.25) is 4.79 Å². The van der Waals surface area contributed by atoms with Gasteiger partial charge in [-0.2, -0.15) is 0 Å². The molecule has 1 atom stereocenters. The molecule has 1 unspecified atom stereocenters. The van der Waals surface area contributed by atoms with E-state index in [4.69, 9.17) is 14.2 Å². The molecular weight excluding hydrogens is 408 g/mol. The lowest BCUT2D eigenvalue weighted by atomic mass is 10.1. The number of sulfonamides is 1. The van der Waals surface area contributed by atoms with Crippen molar-refractivity contribution in [2.75, 3.05) is 21.3 Å². The predicted octanol–water partition coefficient (Wildman–Crippen LogP) is 2.89. The Morgan fingerprint density at radius 2 is 1.47 bits per heavy atom. The molecule has 0 heterocycles. The quantitative estimate of drug-likeness (QED) is 0.627. The van der Waals surface area contributed by atoms with Crippen LogP contribution in [0, 0.1) is 0 Å². The Labute approximate surface area is 177 Å². The van der Waals surface area contributed by atoms with E-state index in [1.165, 1.54) is 39.5 Å². The third-order valence-corrected chi connectivity index (χ3v) is 5.92. The summed E-state index contributed by atoms with van der Waals surface area (Å²) in [7, 11) is 0.553. The number of rotatable bonds is 9. The molecule has 2 rings (SSSR count). The Bertz CT molecular complexity index is 1000. The van der Waals surface area contributed by atoms with Gasteiger partial charge in [-0.25, -0.2) is 13.1 Å². The van der Waals surface area contributed by atoms with Gasteiger partial charge < -0.3 is 19.5 Å². The maximum absolute atomic E-state index is 13.0. The van der Waals surface area contributed by atoms with Crippen LogP contribution in [0.1, 0.15) is 42.7 Å². The van der Waals surface area contributed by atoms with E-state index < -0.39 is 22.0 Å². The molecule has 0 bridgehead atoms.